The van der Waals surface area contributed by atoms with Crippen molar-refractivity contribution < 1.29 is 5.11 Å². The van der Waals surface area contributed by atoms with Gasteiger partial charge < -0.3 is 10.0 Å². The quantitative estimate of drug-likeness (QED) is 0.708. The van der Waals surface area contributed by atoms with Gasteiger partial charge in [-0.15, -0.1) is 0 Å². The van der Waals surface area contributed by atoms with E-state index in [9.17, 15) is 0 Å². The van der Waals surface area contributed by atoms with Crippen molar-refractivity contribution >= 4 is 0 Å². The van der Waals surface area contributed by atoms with Gasteiger partial charge in [-0.2, -0.15) is 0 Å². The molecule has 0 radical (unpaired) electrons. The SMILES string of the molecule is CC.CC.CN1CCCC(C)(CO)C1. The maximum atomic E-state index is 9.04. The van der Waals surface area contributed by atoms with Crippen LogP contribution in [0.15, 0.2) is 0 Å². The molecule has 1 rings (SSSR count). The Morgan fingerprint density at radius 2 is 1.71 bits per heavy atom. The highest BCUT2D eigenvalue weighted by molar-refractivity contribution is 4.81. The maximum absolute atomic E-state index is 9.04. The molecule has 2 heteroatoms. The highest BCUT2D eigenvalue weighted by Crippen LogP contribution is 2.27. The predicted octanol–water partition coefficient (Wildman–Crippen LogP) is 2.76. The normalized spacial score (nSPS) is 26.8. The molecule has 1 aliphatic heterocycles. The van der Waals surface area contributed by atoms with Gasteiger partial charge in [0.1, 0.15) is 0 Å². The average molecular weight is 203 g/mol. The number of rotatable bonds is 1. The number of hydrogen-bond donors (Lipinski definition) is 1. The van der Waals surface area contributed by atoms with E-state index in [1.54, 1.807) is 0 Å². The lowest BCUT2D eigenvalue weighted by Gasteiger charge is -2.37. The van der Waals surface area contributed by atoms with Gasteiger partial charge in [-0.25, -0.2) is 0 Å². The standard InChI is InChI=1S/C8H17NO.2C2H6/c1-8(7-10)4-3-5-9(2)6-8;2*1-2/h10H,3-7H2,1-2H3;2*1-2H3. The smallest absolute Gasteiger partial charge is 0.0497 e. The second-order valence-corrected chi connectivity index (χ2v) is 3.81. The lowest BCUT2D eigenvalue weighted by atomic mass is 9.83. The summed E-state index contributed by atoms with van der Waals surface area (Å²) in [5.41, 5.74) is 0.174. The number of nitrogens with zero attached hydrogens (tertiary/aromatic N) is 1. The van der Waals surface area contributed by atoms with Crippen LogP contribution in [0.4, 0.5) is 0 Å². The second kappa shape index (κ2) is 9.47. The van der Waals surface area contributed by atoms with Crippen molar-refractivity contribution in [2.24, 2.45) is 5.41 Å². The molecular formula is C12H29NO. The number of hydrogen-bond acceptors (Lipinski definition) is 2. The Labute approximate surface area is 90.3 Å². The number of aliphatic hydroxyl groups excluding tert-OH is 1. The molecule has 0 spiro atoms. The Balaban J connectivity index is 0. The lowest BCUT2D eigenvalue weighted by molar-refractivity contribution is 0.0592. The highest BCUT2D eigenvalue weighted by atomic mass is 16.3. The maximum Gasteiger partial charge on any atom is 0.0497 e. The zero-order valence-electron chi connectivity index (χ0n) is 10.9. The van der Waals surface area contributed by atoms with Crippen LogP contribution >= 0.6 is 0 Å². The molecule has 1 saturated heterocycles. The first-order valence-corrected chi connectivity index (χ1v) is 5.96. The fourth-order valence-corrected chi connectivity index (χ4v) is 1.71. The molecule has 0 bridgehead atoms. The molecule has 2 nitrogen and oxygen atoms in total. The van der Waals surface area contributed by atoms with Crippen molar-refractivity contribution in [3.05, 3.63) is 0 Å². The summed E-state index contributed by atoms with van der Waals surface area (Å²) in [4.78, 5) is 2.29. The van der Waals surface area contributed by atoms with E-state index in [1.807, 2.05) is 27.7 Å². The van der Waals surface area contributed by atoms with Gasteiger partial charge in [0.25, 0.3) is 0 Å². The Kier molecular flexibility index (Phi) is 11.1. The molecule has 1 heterocycles. The van der Waals surface area contributed by atoms with Crippen LogP contribution in [0.3, 0.4) is 0 Å². The summed E-state index contributed by atoms with van der Waals surface area (Å²) < 4.78 is 0. The Morgan fingerprint density at radius 3 is 2.00 bits per heavy atom. The van der Waals surface area contributed by atoms with E-state index in [0.29, 0.717) is 6.61 Å². The van der Waals surface area contributed by atoms with Gasteiger partial charge in [-0.05, 0) is 26.4 Å². The molecule has 1 N–H and O–H groups in total. The summed E-state index contributed by atoms with van der Waals surface area (Å²) in [7, 11) is 2.12. The van der Waals surface area contributed by atoms with Crippen LogP contribution in [0.2, 0.25) is 0 Å². The van der Waals surface area contributed by atoms with Crippen molar-refractivity contribution in [1.29, 1.82) is 0 Å². The summed E-state index contributed by atoms with van der Waals surface area (Å²) in [5.74, 6) is 0. The summed E-state index contributed by atoms with van der Waals surface area (Å²) in [6.07, 6.45) is 2.40. The lowest BCUT2D eigenvalue weighted by Crippen LogP contribution is -2.41. The van der Waals surface area contributed by atoms with Crippen LogP contribution < -0.4 is 0 Å². The molecule has 0 amide bonds. The molecule has 1 unspecified atom stereocenters. The first-order valence-electron chi connectivity index (χ1n) is 5.96. The van der Waals surface area contributed by atoms with Gasteiger partial charge >= 0.3 is 0 Å². The Morgan fingerprint density at radius 1 is 1.21 bits per heavy atom. The topological polar surface area (TPSA) is 23.5 Å². The molecule has 1 fully saturated rings. The third-order valence-electron chi connectivity index (χ3n) is 2.35. The Bertz CT molecular complexity index is 117. The predicted molar refractivity (Wildman–Crippen MR) is 64.6 cm³/mol. The minimum atomic E-state index is 0.174. The van der Waals surface area contributed by atoms with Crippen LogP contribution in [-0.4, -0.2) is 36.8 Å². The third-order valence-corrected chi connectivity index (χ3v) is 2.35. The first-order chi connectivity index (χ1) is 6.66. The molecular weight excluding hydrogens is 174 g/mol. The van der Waals surface area contributed by atoms with Gasteiger partial charge in [-0.1, -0.05) is 34.6 Å². The summed E-state index contributed by atoms with van der Waals surface area (Å²) in [6, 6.07) is 0. The van der Waals surface area contributed by atoms with E-state index >= 15 is 0 Å². The Hall–Kier alpha value is -0.0800. The molecule has 0 aromatic carbocycles. The van der Waals surface area contributed by atoms with Gasteiger partial charge in [0.15, 0.2) is 0 Å². The molecule has 1 atom stereocenters. The molecule has 14 heavy (non-hydrogen) atoms. The summed E-state index contributed by atoms with van der Waals surface area (Å²) >= 11 is 0. The van der Waals surface area contributed by atoms with Crippen molar-refractivity contribution in [3.63, 3.8) is 0 Å². The van der Waals surface area contributed by atoms with Gasteiger partial charge in [-0.3, -0.25) is 0 Å². The summed E-state index contributed by atoms with van der Waals surface area (Å²) in [5, 5.41) is 9.04. The van der Waals surface area contributed by atoms with Crippen molar-refractivity contribution in [3.8, 4) is 0 Å². The number of piperidine rings is 1. The molecule has 0 saturated carbocycles. The monoisotopic (exact) mass is 203 g/mol. The molecule has 88 valence electrons. The average Bonchev–Trinajstić information content (AvgIpc) is 2.24. The van der Waals surface area contributed by atoms with E-state index in [1.165, 1.54) is 19.4 Å². The van der Waals surface area contributed by atoms with Gasteiger partial charge in [0.2, 0.25) is 0 Å². The minimum Gasteiger partial charge on any atom is -0.396 e. The van der Waals surface area contributed by atoms with Crippen LogP contribution in [0.5, 0.6) is 0 Å². The van der Waals surface area contributed by atoms with E-state index in [4.69, 9.17) is 5.11 Å². The van der Waals surface area contributed by atoms with Gasteiger partial charge in [0, 0.05) is 18.6 Å². The van der Waals surface area contributed by atoms with E-state index in [-0.39, 0.29) is 5.41 Å². The van der Waals surface area contributed by atoms with Crippen molar-refractivity contribution in [1.82, 2.24) is 4.90 Å². The molecule has 0 aromatic rings. The molecule has 1 aliphatic rings. The number of likely N-dealkylation sites (tertiary alicyclic amines) is 1. The fourth-order valence-electron chi connectivity index (χ4n) is 1.71. The highest BCUT2D eigenvalue weighted by Gasteiger charge is 2.28. The van der Waals surface area contributed by atoms with Gasteiger partial charge in [0.05, 0.1) is 0 Å². The second-order valence-electron chi connectivity index (χ2n) is 3.81. The summed E-state index contributed by atoms with van der Waals surface area (Å²) in [6.45, 7) is 12.7. The molecule has 0 aromatic heterocycles. The zero-order chi connectivity index (χ0) is 11.6. The van der Waals surface area contributed by atoms with E-state index < -0.39 is 0 Å². The van der Waals surface area contributed by atoms with Crippen LogP contribution in [0.1, 0.15) is 47.5 Å². The zero-order valence-corrected chi connectivity index (χ0v) is 10.9. The number of aliphatic hydroxyl groups is 1. The van der Waals surface area contributed by atoms with E-state index in [0.717, 1.165) is 6.54 Å². The largest absolute Gasteiger partial charge is 0.396 e. The molecule has 0 aliphatic carbocycles. The van der Waals surface area contributed by atoms with Crippen molar-refractivity contribution in [2.45, 2.75) is 47.5 Å². The van der Waals surface area contributed by atoms with Crippen molar-refractivity contribution in [2.75, 3.05) is 26.7 Å². The fraction of sp³-hybridized carbons (Fsp3) is 1.00. The third kappa shape index (κ3) is 6.39. The first kappa shape index (κ1) is 16.4. The van der Waals surface area contributed by atoms with Crippen LogP contribution in [0.25, 0.3) is 0 Å². The minimum absolute atomic E-state index is 0.174. The van der Waals surface area contributed by atoms with Crippen LogP contribution in [-0.2, 0) is 0 Å². The van der Waals surface area contributed by atoms with E-state index in [2.05, 4.69) is 18.9 Å². The van der Waals surface area contributed by atoms with Crippen LogP contribution in [0, 0.1) is 5.41 Å².